The number of hydrogen-bond donors (Lipinski definition) is 2. The van der Waals surface area contributed by atoms with E-state index in [1.165, 1.54) is 12.8 Å². The molecule has 1 aliphatic carbocycles. The molecule has 17 heavy (non-hydrogen) atoms. The molecule has 4 nitrogen and oxygen atoms in total. The van der Waals surface area contributed by atoms with Crippen molar-refractivity contribution in [2.75, 3.05) is 19.8 Å². The minimum atomic E-state index is -0.453. The topological polar surface area (TPSA) is 54.6 Å². The van der Waals surface area contributed by atoms with Crippen molar-refractivity contribution in [1.29, 1.82) is 0 Å². The summed E-state index contributed by atoms with van der Waals surface area (Å²) in [6.45, 7) is 3.74. The lowest BCUT2D eigenvalue weighted by molar-refractivity contribution is 0.0312. The van der Waals surface area contributed by atoms with Crippen molar-refractivity contribution in [2.24, 2.45) is 5.92 Å². The third-order valence-electron chi connectivity index (χ3n) is 2.99. The predicted octanol–water partition coefficient (Wildman–Crippen LogP) is 1.72. The maximum Gasteiger partial charge on any atom is 0.120 e. The first-order valence-electron chi connectivity index (χ1n) is 6.28. The van der Waals surface area contributed by atoms with Crippen molar-refractivity contribution < 1.29 is 14.3 Å². The zero-order chi connectivity index (χ0) is 12.1. The lowest BCUT2D eigenvalue weighted by Crippen LogP contribution is -2.32. The minimum absolute atomic E-state index is 0.114. The molecule has 1 aromatic rings. The fraction of sp³-hybridized carbons (Fsp3) is 0.692. The van der Waals surface area contributed by atoms with E-state index in [0.717, 1.165) is 18.3 Å². The zero-order valence-corrected chi connectivity index (χ0v) is 10.3. The first kappa shape index (κ1) is 12.6. The van der Waals surface area contributed by atoms with Crippen LogP contribution in [0.25, 0.3) is 0 Å². The van der Waals surface area contributed by atoms with Crippen LogP contribution in [0.4, 0.5) is 0 Å². The van der Waals surface area contributed by atoms with Crippen LogP contribution in [-0.2, 0) is 4.74 Å². The van der Waals surface area contributed by atoms with Crippen LogP contribution in [-0.4, -0.2) is 31.0 Å². The molecule has 1 saturated carbocycles. The van der Waals surface area contributed by atoms with Gasteiger partial charge >= 0.3 is 0 Å². The van der Waals surface area contributed by atoms with E-state index in [9.17, 15) is 5.11 Å². The van der Waals surface area contributed by atoms with Gasteiger partial charge in [0.1, 0.15) is 5.76 Å². The molecule has 2 rings (SSSR count). The van der Waals surface area contributed by atoms with Crippen LogP contribution in [0, 0.1) is 5.92 Å². The van der Waals surface area contributed by atoms with Crippen molar-refractivity contribution in [3.05, 3.63) is 24.2 Å². The lowest BCUT2D eigenvalue weighted by Gasteiger charge is -2.15. The van der Waals surface area contributed by atoms with Crippen LogP contribution < -0.4 is 5.32 Å². The highest BCUT2D eigenvalue weighted by molar-refractivity contribution is 5.02. The Kier molecular flexibility index (Phi) is 4.59. The van der Waals surface area contributed by atoms with Gasteiger partial charge in [-0.3, -0.25) is 0 Å². The predicted molar refractivity (Wildman–Crippen MR) is 64.7 cm³/mol. The van der Waals surface area contributed by atoms with Crippen molar-refractivity contribution in [1.82, 2.24) is 5.32 Å². The highest BCUT2D eigenvalue weighted by atomic mass is 16.5. The number of rotatable bonds is 8. The van der Waals surface area contributed by atoms with E-state index in [4.69, 9.17) is 9.15 Å². The Balaban J connectivity index is 1.56. The summed E-state index contributed by atoms with van der Waals surface area (Å²) in [5.74, 6) is 1.63. The molecule has 96 valence electrons. The van der Waals surface area contributed by atoms with Crippen LogP contribution in [0.5, 0.6) is 0 Å². The zero-order valence-electron chi connectivity index (χ0n) is 10.3. The molecule has 0 saturated heterocycles. The fourth-order valence-corrected chi connectivity index (χ4v) is 1.67. The SMILES string of the molecule is C[C@H](NCC(O)COCC1CC1)c1ccco1. The molecule has 0 aromatic carbocycles. The molecule has 2 atom stereocenters. The van der Waals surface area contributed by atoms with E-state index in [1.54, 1.807) is 6.26 Å². The van der Waals surface area contributed by atoms with E-state index in [0.29, 0.717) is 13.2 Å². The molecule has 1 unspecified atom stereocenters. The molecular formula is C13H21NO3. The molecule has 0 amide bonds. The molecule has 1 aromatic heterocycles. The highest BCUT2D eigenvalue weighted by Gasteiger charge is 2.21. The average molecular weight is 239 g/mol. The summed E-state index contributed by atoms with van der Waals surface area (Å²) in [6.07, 6.45) is 3.77. The summed E-state index contributed by atoms with van der Waals surface area (Å²) < 4.78 is 10.7. The molecule has 4 heteroatoms. The van der Waals surface area contributed by atoms with Gasteiger partial charge < -0.3 is 19.6 Å². The summed E-state index contributed by atoms with van der Waals surface area (Å²) in [5.41, 5.74) is 0. The maximum atomic E-state index is 9.71. The van der Waals surface area contributed by atoms with E-state index >= 15 is 0 Å². The summed E-state index contributed by atoms with van der Waals surface area (Å²) in [6, 6.07) is 3.90. The van der Waals surface area contributed by atoms with Crippen LogP contribution in [0.3, 0.4) is 0 Å². The second-order valence-electron chi connectivity index (χ2n) is 4.78. The van der Waals surface area contributed by atoms with E-state index in [1.807, 2.05) is 19.1 Å². The van der Waals surface area contributed by atoms with E-state index < -0.39 is 6.10 Å². The third kappa shape index (κ3) is 4.50. The van der Waals surface area contributed by atoms with Gasteiger partial charge in [-0.25, -0.2) is 0 Å². The number of ether oxygens (including phenoxy) is 1. The standard InChI is InChI=1S/C13H21NO3/c1-10(13-3-2-6-17-13)14-7-12(15)9-16-8-11-4-5-11/h2-3,6,10-12,14-15H,4-5,7-9H2,1H3/t10-,12?/m0/s1. The molecule has 1 heterocycles. The smallest absolute Gasteiger partial charge is 0.120 e. The van der Waals surface area contributed by atoms with Crippen molar-refractivity contribution >= 4 is 0 Å². The van der Waals surface area contributed by atoms with Gasteiger partial charge in [-0.1, -0.05) is 0 Å². The highest BCUT2D eigenvalue weighted by Crippen LogP contribution is 2.28. The molecule has 0 bridgehead atoms. The fourth-order valence-electron chi connectivity index (χ4n) is 1.67. The molecule has 2 N–H and O–H groups in total. The van der Waals surface area contributed by atoms with Gasteiger partial charge in [0, 0.05) is 13.2 Å². The Hall–Kier alpha value is -0.840. The molecule has 0 spiro atoms. The number of aliphatic hydroxyl groups is 1. The molecule has 1 aliphatic rings. The normalized spacial score (nSPS) is 19.2. The quantitative estimate of drug-likeness (QED) is 0.725. The number of furan rings is 1. The van der Waals surface area contributed by atoms with Gasteiger partial charge in [0.15, 0.2) is 0 Å². The maximum absolute atomic E-state index is 9.71. The van der Waals surface area contributed by atoms with Crippen molar-refractivity contribution in [3.63, 3.8) is 0 Å². The van der Waals surface area contributed by atoms with Gasteiger partial charge in [0.25, 0.3) is 0 Å². The Labute approximate surface area is 102 Å². The van der Waals surface area contributed by atoms with Gasteiger partial charge in [0.2, 0.25) is 0 Å². The van der Waals surface area contributed by atoms with Crippen LogP contribution >= 0.6 is 0 Å². The third-order valence-corrected chi connectivity index (χ3v) is 2.99. The number of nitrogens with one attached hydrogen (secondary N) is 1. The van der Waals surface area contributed by atoms with Gasteiger partial charge in [-0.05, 0) is 37.8 Å². The van der Waals surface area contributed by atoms with Crippen molar-refractivity contribution in [2.45, 2.75) is 31.9 Å². The Morgan fingerprint density at radius 3 is 3.06 bits per heavy atom. The first-order valence-corrected chi connectivity index (χ1v) is 6.28. The average Bonchev–Trinajstić information content (AvgIpc) is 2.97. The van der Waals surface area contributed by atoms with E-state index in [2.05, 4.69) is 5.32 Å². The summed E-state index contributed by atoms with van der Waals surface area (Å²) in [7, 11) is 0. The van der Waals surface area contributed by atoms with Gasteiger partial charge in [0.05, 0.1) is 25.0 Å². The molecule has 0 radical (unpaired) electrons. The van der Waals surface area contributed by atoms with Gasteiger partial charge in [-0.15, -0.1) is 0 Å². The summed E-state index contributed by atoms with van der Waals surface area (Å²) >= 11 is 0. The van der Waals surface area contributed by atoms with E-state index in [-0.39, 0.29) is 6.04 Å². The second-order valence-corrected chi connectivity index (χ2v) is 4.78. The monoisotopic (exact) mass is 239 g/mol. The summed E-state index contributed by atoms with van der Waals surface area (Å²) in [5, 5.41) is 12.9. The van der Waals surface area contributed by atoms with Crippen molar-refractivity contribution in [3.8, 4) is 0 Å². The summed E-state index contributed by atoms with van der Waals surface area (Å²) in [4.78, 5) is 0. The number of hydrogen-bond acceptors (Lipinski definition) is 4. The molecule has 1 fully saturated rings. The van der Waals surface area contributed by atoms with Gasteiger partial charge in [-0.2, -0.15) is 0 Å². The van der Waals surface area contributed by atoms with Crippen LogP contribution in [0.1, 0.15) is 31.6 Å². The Bertz CT molecular complexity index is 308. The first-order chi connectivity index (χ1) is 8.25. The van der Waals surface area contributed by atoms with Crippen LogP contribution in [0.15, 0.2) is 22.8 Å². The number of aliphatic hydroxyl groups excluding tert-OH is 1. The largest absolute Gasteiger partial charge is 0.468 e. The Morgan fingerprint density at radius 2 is 2.41 bits per heavy atom. The lowest BCUT2D eigenvalue weighted by atomic mass is 10.2. The van der Waals surface area contributed by atoms with Crippen LogP contribution in [0.2, 0.25) is 0 Å². The second kappa shape index (κ2) is 6.19. The molecular weight excluding hydrogens is 218 g/mol. The minimum Gasteiger partial charge on any atom is -0.468 e. The molecule has 0 aliphatic heterocycles. The Morgan fingerprint density at radius 1 is 1.59 bits per heavy atom.